The first kappa shape index (κ1) is 14.5. The Morgan fingerprint density at radius 1 is 1.32 bits per heavy atom. The minimum atomic E-state index is -0.415. The molecule has 22 heavy (non-hydrogen) atoms. The molecule has 0 bridgehead atoms. The van der Waals surface area contributed by atoms with Crippen molar-refractivity contribution in [1.82, 2.24) is 0 Å². The van der Waals surface area contributed by atoms with E-state index in [9.17, 15) is 10.1 Å². The molecule has 0 aliphatic carbocycles. The molecule has 1 aliphatic rings. The number of nitrogens with zero attached hydrogens (tertiary/aromatic N) is 2. The van der Waals surface area contributed by atoms with Crippen molar-refractivity contribution in [1.29, 1.82) is 0 Å². The molecule has 0 radical (unpaired) electrons. The topological polar surface area (TPSA) is 58.4 Å². The molecule has 2 aromatic carbocycles. The Hall–Kier alpha value is -2.47. The summed E-state index contributed by atoms with van der Waals surface area (Å²) < 4.78 is 0. The molecule has 1 heterocycles. The highest BCUT2D eigenvalue weighted by Gasteiger charge is 2.28. The number of rotatable bonds is 2. The van der Waals surface area contributed by atoms with Crippen molar-refractivity contribution in [3.63, 3.8) is 0 Å². The lowest BCUT2D eigenvalue weighted by atomic mass is 10.1. The second-order valence-electron chi connectivity index (χ2n) is 5.29. The summed E-state index contributed by atoms with van der Waals surface area (Å²) in [4.78, 5) is 12.5. The second-order valence-corrected chi connectivity index (χ2v) is 5.68. The van der Waals surface area contributed by atoms with Crippen LogP contribution in [0.2, 0.25) is 0 Å². The van der Waals surface area contributed by atoms with Gasteiger partial charge in [-0.15, -0.1) is 0 Å². The molecule has 5 nitrogen and oxygen atoms in total. The lowest BCUT2D eigenvalue weighted by Gasteiger charge is -2.26. The maximum atomic E-state index is 10.8. The smallest absolute Gasteiger partial charge is 0.271 e. The van der Waals surface area contributed by atoms with Crippen LogP contribution >= 0.6 is 12.2 Å². The van der Waals surface area contributed by atoms with Crippen LogP contribution in [0, 0.1) is 10.1 Å². The molecule has 1 aliphatic heterocycles. The minimum Gasteiger partial charge on any atom is -0.332 e. The molecular formula is C16H15N3O2S. The number of non-ortho nitro benzene ring substituents is 1. The van der Waals surface area contributed by atoms with E-state index in [0.717, 1.165) is 12.1 Å². The van der Waals surface area contributed by atoms with E-state index in [1.165, 1.54) is 17.7 Å². The molecule has 0 aromatic heterocycles. The van der Waals surface area contributed by atoms with E-state index in [-0.39, 0.29) is 11.7 Å². The number of nitro benzene ring substituents is 1. The van der Waals surface area contributed by atoms with Gasteiger partial charge in [-0.3, -0.25) is 10.1 Å². The third-order valence-corrected chi connectivity index (χ3v) is 4.03. The molecule has 0 saturated heterocycles. The Morgan fingerprint density at radius 3 is 2.86 bits per heavy atom. The lowest BCUT2D eigenvalue weighted by molar-refractivity contribution is -0.384. The molecule has 0 unspecified atom stereocenters. The Labute approximate surface area is 133 Å². The molecule has 3 rings (SSSR count). The van der Waals surface area contributed by atoms with Gasteiger partial charge in [0, 0.05) is 29.5 Å². The summed E-state index contributed by atoms with van der Waals surface area (Å²) in [5.41, 5.74) is 3.02. The number of fused-ring (bicyclic) bond motifs is 1. The second kappa shape index (κ2) is 5.73. The van der Waals surface area contributed by atoms with Gasteiger partial charge in [-0.25, -0.2) is 0 Å². The number of para-hydroxylation sites is 1. The fourth-order valence-corrected chi connectivity index (χ4v) is 3.15. The molecule has 6 heteroatoms. The van der Waals surface area contributed by atoms with Crippen LogP contribution in [0.1, 0.15) is 12.5 Å². The van der Waals surface area contributed by atoms with Crippen molar-refractivity contribution in [2.24, 2.45) is 0 Å². The summed E-state index contributed by atoms with van der Waals surface area (Å²) in [6.07, 6.45) is 0.937. The van der Waals surface area contributed by atoms with Crippen molar-refractivity contribution >= 4 is 34.4 Å². The van der Waals surface area contributed by atoms with E-state index in [2.05, 4.69) is 23.2 Å². The molecule has 0 saturated carbocycles. The zero-order chi connectivity index (χ0) is 15.7. The number of nitro groups is 1. The van der Waals surface area contributed by atoms with E-state index >= 15 is 0 Å². The Bertz CT molecular complexity index is 748. The van der Waals surface area contributed by atoms with Crippen LogP contribution in [-0.2, 0) is 6.42 Å². The largest absolute Gasteiger partial charge is 0.332 e. The van der Waals surface area contributed by atoms with Gasteiger partial charge >= 0.3 is 0 Å². The molecule has 0 spiro atoms. The summed E-state index contributed by atoms with van der Waals surface area (Å²) in [7, 11) is 0. The standard InChI is InChI=1S/C16H15N3O2S/c1-11-9-12-5-2-3-8-15(12)18(11)16(22)17-13-6-4-7-14(10-13)19(20)21/h2-8,10-11H,9H2,1H3,(H,17,22)/t11-/m1/s1. The van der Waals surface area contributed by atoms with Gasteiger partial charge < -0.3 is 10.2 Å². The van der Waals surface area contributed by atoms with Crippen LogP contribution in [0.4, 0.5) is 17.1 Å². The lowest BCUT2D eigenvalue weighted by Crippen LogP contribution is -2.38. The van der Waals surface area contributed by atoms with Gasteiger partial charge in [0.1, 0.15) is 0 Å². The number of hydrogen-bond acceptors (Lipinski definition) is 3. The average molecular weight is 313 g/mol. The number of nitrogens with one attached hydrogen (secondary N) is 1. The number of thiocarbonyl (C=S) groups is 1. The highest BCUT2D eigenvalue weighted by atomic mass is 32.1. The highest BCUT2D eigenvalue weighted by Crippen LogP contribution is 2.32. The van der Waals surface area contributed by atoms with E-state index in [0.29, 0.717) is 10.8 Å². The summed E-state index contributed by atoms with van der Waals surface area (Å²) in [6, 6.07) is 14.8. The molecule has 112 valence electrons. The molecule has 0 fully saturated rings. The molecule has 0 amide bonds. The van der Waals surface area contributed by atoms with Gasteiger partial charge in [-0.05, 0) is 43.3 Å². The van der Waals surface area contributed by atoms with Crippen molar-refractivity contribution in [2.45, 2.75) is 19.4 Å². The zero-order valence-electron chi connectivity index (χ0n) is 12.0. The van der Waals surface area contributed by atoms with Crippen molar-refractivity contribution in [2.75, 3.05) is 10.2 Å². The molecular weight excluding hydrogens is 298 g/mol. The van der Waals surface area contributed by atoms with Gasteiger partial charge in [0.15, 0.2) is 5.11 Å². The SMILES string of the molecule is C[C@@H]1Cc2ccccc2N1C(=S)Nc1cccc([N+](=O)[O-])c1. The van der Waals surface area contributed by atoms with Crippen LogP contribution in [0.15, 0.2) is 48.5 Å². The van der Waals surface area contributed by atoms with Crippen molar-refractivity contribution < 1.29 is 4.92 Å². The molecule has 1 atom stereocenters. The van der Waals surface area contributed by atoms with Crippen LogP contribution in [-0.4, -0.2) is 16.1 Å². The van der Waals surface area contributed by atoms with Gasteiger partial charge in [-0.1, -0.05) is 24.3 Å². The van der Waals surface area contributed by atoms with Crippen molar-refractivity contribution in [3.05, 3.63) is 64.2 Å². The third-order valence-electron chi connectivity index (χ3n) is 3.73. The summed E-state index contributed by atoms with van der Waals surface area (Å²) in [6.45, 7) is 2.11. The Balaban J connectivity index is 1.83. The maximum absolute atomic E-state index is 10.8. The third kappa shape index (κ3) is 2.65. The van der Waals surface area contributed by atoms with Crippen LogP contribution in [0.25, 0.3) is 0 Å². The van der Waals surface area contributed by atoms with E-state index in [1.54, 1.807) is 12.1 Å². The first-order valence-electron chi connectivity index (χ1n) is 6.99. The number of benzene rings is 2. The monoisotopic (exact) mass is 313 g/mol. The normalized spacial score (nSPS) is 16.2. The van der Waals surface area contributed by atoms with E-state index < -0.39 is 4.92 Å². The Kier molecular flexibility index (Phi) is 3.77. The quantitative estimate of drug-likeness (QED) is 0.520. The Morgan fingerprint density at radius 2 is 2.09 bits per heavy atom. The molecule has 1 N–H and O–H groups in total. The fourth-order valence-electron chi connectivity index (χ4n) is 2.76. The highest BCUT2D eigenvalue weighted by molar-refractivity contribution is 7.80. The van der Waals surface area contributed by atoms with Crippen LogP contribution in [0.5, 0.6) is 0 Å². The van der Waals surface area contributed by atoms with Crippen molar-refractivity contribution in [3.8, 4) is 0 Å². The number of hydrogen-bond donors (Lipinski definition) is 1. The van der Waals surface area contributed by atoms with Gasteiger partial charge in [0.05, 0.1) is 4.92 Å². The van der Waals surface area contributed by atoms with Gasteiger partial charge in [0.25, 0.3) is 5.69 Å². The van der Waals surface area contributed by atoms with Gasteiger partial charge in [0.2, 0.25) is 0 Å². The fraction of sp³-hybridized carbons (Fsp3) is 0.188. The average Bonchev–Trinajstić information content (AvgIpc) is 2.83. The predicted molar refractivity (Wildman–Crippen MR) is 91.4 cm³/mol. The number of anilines is 2. The maximum Gasteiger partial charge on any atom is 0.271 e. The van der Waals surface area contributed by atoms with E-state index in [4.69, 9.17) is 12.2 Å². The predicted octanol–water partition coefficient (Wildman–Crippen LogP) is 3.74. The first-order chi connectivity index (χ1) is 10.6. The van der Waals surface area contributed by atoms with Crippen LogP contribution in [0.3, 0.4) is 0 Å². The van der Waals surface area contributed by atoms with Crippen LogP contribution < -0.4 is 10.2 Å². The zero-order valence-corrected chi connectivity index (χ0v) is 12.8. The first-order valence-corrected chi connectivity index (χ1v) is 7.39. The summed E-state index contributed by atoms with van der Waals surface area (Å²) >= 11 is 5.50. The molecule has 2 aromatic rings. The summed E-state index contributed by atoms with van der Waals surface area (Å²) in [5.74, 6) is 0. The van der Waals surface area contributed by atoms with Gasteiger partial charge in [-0.2, -0.15) is 0 Å². The van der Waals surface area contributed by atoms with E-state index in [1.807, 2.05) is 18.2 Å². The summed E-state index contributed by atoms with van der Waals surface area (Å²) in [5, 5.41) is 14.5. The minimum absolute atomic E-state index is 0.0441.